The third-order valence-electron chi connectivity index (χ3n) is 3.62. The van der Waals surface area contributed by atoms with Crippen LogP contribution in [0.5, 0.6) is 0 Å². The Hall–Kier alpha value is -0.0800. The van der Waals surface area contributed by atoms with E-state index < -0.39 is 0 Å². The zero-order chi connectivity index (χ0) is 11.5. The molecule has 2 heteroatoms. The molecule has 0 aromatic rings. The first-order valence-corrected chi connectivity index (χ1v) is 7.27. The molecule has 1 aliphatic rings. The molecule has 0 aromatic heterocycles. The summed E-state index contributed by atoms with van der Waals surface area (Å²) in [4.78, 5) is 0. The first-order valence-electron chi connectivity index (χ1n) is 7.27. The van der Waals surface area contributed by atoms with E-state index in [0.717, 1.165) is 12.5 Å². The molecule has 0 bridgehead atoms. The Morgan fingerprint density at radius 3 is 2.12 bits per heavy atom. The Balaban J connectivity index is 1.77. The van der Waals surface area contributed by atoms with E-state index in [9.17, 15) is 0 Å². The molecule has 0 aromatic carbocycles. The van der Waals surface area contributed by atoms with Gasteiger partial charge in [0.2, 0.25) is 0 Å². The Bertz CT molecular complexity index is 144. The Labute approximate surface area is 101 Å². The summed E-state index contributed by atoms with van der Waals surface area (Å²) in [6.07, 6.45) is 14.6. The van der Waals surface area contributed by atoms with Crippen molar-refractivity contribution in [1.29, 1.82) is 0 Å². The fourth-order valence-electron chi connectivity index (χ4n) is 2.56. The van der Waals surface area contributed by atoms with Gasteiger partial charge in [0.25, 0.3) is 0 Å². The number of hydrogen-bond donors (Lipinski definition) is 2. The number of aliphatic hydroxyl groups is 1. The summed E-state index contributed by atoms with van der Waals surface area (Å²) < 4.78 is 0. The van der Waals surface area contributed by atoms with Gasteiger partial charge in [-0.15, -0.1) is 0 Å². The number of hydrogen-bond acceptors (Lipinski definition) is 2. The van der Waals surface area contributed by atoms with Crippen LogP contribution in [0.1, 0.15) is 70.6 Å². The minimum absolute atomic E-state index is 0.364. The molecule has 0 atom stereocenters. The van der Waals surface area contributed by atoms with E-state index in [2.05, 4.69) is 5.32 Å². The maximum atomic E-state index is 8.64. The van der Waals surface area contributed by atoms with Gasteiger partial charge in [-0.05, 0) is 32.2 Å². The molecule has 1 saturated carbocycles. The van der Waals surface area contributed by atoms with Crippen molar-refractivity contribution in [2.24, 2.45) is 0 Å². The molecule has 1 rings (SSSR count). The van der Waals surface area contributed by atoms with Crippen molar-refractivity contribution in [2.45, 2.75) is 76.7 Å². The second-order valence-corrected chi connectivity index (χ2v) is 5.13. The topological polar surface area (TPSA) is 32.3 Å². The van der Waals surface area contributed by atoms with Crippen LogP contribution in [-0.2, 0) is 0 Å². The summed E-state index contributed by atoms with van der Waals surface area (Å²) in [5.41, 5.74) is 0. The normalized spacial score (nSPS) is 17.8. The maximum Gasteiger partial charge on any atom is 0.0431 e. The number of aliphatic hydroxyl groups excluding tert-OH is 1. The van der Waals surface area contributed by atoms with Crippen molar-refractivity contribution < 1.29 is 5.11 Å². The van der Waals surface area contributed by atoms with E-state index in [0.29, 0.717) is 6.61 Å². The van der Waals surface area contributed by atoms with E-state index in [-0.39, 0.29) is 0 Å². The first kappa shape index (κ1) is 14.0. The van der Waals surface area contributed by atoms with Gasteiger partial charge in [-0.1, -0.05) is 44.9 Å². The molecule has 0 saturated heterocycles. The lowest BCUT2D eigenvalue weighted by Gasteiger charge is -2.22. The van der Waals surface area contributed by atoms with Crippen molar-refractivity contribution in [3.05, 3.63) is 0 Å². The molecule has 16 heavy (non-hydrogen) atoms. The Kier molecular flexibility index (Phi) is 8.83. The van der Waals surface area contributed by atoms with Crippen molar-refractivity contribution in [3.63, 3.8) is 0 Å². The van der Waals surface area contributed by atoms with Gasteiger partial charge in [0.05, 0.1) is 0 Å². The Morgan fingerprint density at radius 1 is 0.812 bits per heavy atom. The average Bonchev–Trinajstić information content (AvgIpc) is 2.34. The van der Waals surface area contributed by atoms with Crippen LogP contribution >= 0.6 is 0 Å². The van der Waals surface area contributed by atoms with E-state index >= 15 is 0 Å². The maximum absolute atomic E-state index is 8.64. The minimum atomic E-state index is 0.364. The van der Waals surface area contributed by atoms with Gasteiger partial charge in [0.15, 0.2) is 0 Å². The fourth-order valence-corrected chi connectivity index (χ4v) is 2.56. The van der Waals surface area contributed by atoms with Gasteiger partial charge in [-0.25, -0.2) is 0 Å². The van der Waals surface area contributed by atoms with Crippen LogP contribution in [0.25, 0.3) is 0 Å². The van der Waals surface area contributed by atoms with E-state index in [1.165, 1.54) is 70.8 Å². The van der Waals surface area contributed by atoms with Crippen LogP contribution in [0.3, 0.4) is 0 Å². The molecule has 0 spiro atoms. The van der Waals surface area contributed by atoms with Gasteiger partial charge in [-0.3, -0.25) is 0 Å². The molecule has 0 aliphatic heterocycles. The van der Waals surface area contributed by atoms with Gasteiger partial charge < -0.3 is 10.4 Å². The van der Waals surface area contributed by atoms with Gasteiger partial charge in [0.1, 0.15) is 0 Å². The molecule has 2 nitrogen and oxygen atoms in total. The monoisotopic (exact) mass is 227 g/mol. The van der Waals surface area contributed by atoms with Crippen molar-refractivity contribution >= 4 is 0 Å². The third kappa shape index (κ3) is 7.24. The molecule has 1 fully saturated rings. The summed E-state index contributed by atoms with van der Waals surface area (Å²) >= 11 is 0. The molecule has 0 radical (unpaired) electrons. The molecular formula is C14H29NO. The molecular weight excluding hydrogens is 198 g/mol. The second-order valence-electron chi connectivity index (χ2n) is 5.13. The molecule has 0 unspecified atom stereocenters. The van der Waals surface area contributed by atoms with Crippen LogP contribution in [0.4, 0.5) is 0 Å². The lowest BCUT2D eigenvalue weighted by atomic mass is 9.95. The first-order chi connectivity index (χ1) is 7.93. The van der Waals surface area contributed by atoms with Gasteiger partial charge in [0, 0.05) is 12.6 Å². The van der Waals surface area contributed by atoms with Crippen LogP contribution < -0.4 is 5.32 Å². The molecule has 0 amide bonds. The van der Waals surface area contributed by atoms with Gasteiger partial charge >= 0.3 is 0 Å². The molecule has 96 valence electrons. The highest BCUT2D eigenvalue weighted by atomic mass is 16.2. The zero-order valence-corrected chi connectivity index (χ0v) is 10.7. The largest absolute Gasteiger partial charge is 0.396 e. The lowest BCUT2D eigenvalue weighted by molar-refractivity contribution is 0.282. The summed E-state index contributed by atoms with van der Waals surface area (Å²) in [6, 6.07) is 0.822. The van der Waals surface area contributed by atoms with Crippen LogP contribution in [0.2, 0.25) is 0 Å². The summed E-state index contributed by atoms with van der Waals surface area (Å²) in [7, 11) is 0. The van der Waals surface area contributed by atoms with Crippen molar-refractivity contribution in [1.82, 2.24) is 5.32 Å². The highest BCUT2D eigenvalue weighted by Gasteiger charge is 2.11. The Morgan fingerprint density at radius 2 is 1.44 bits per heavy atom. The zero-order valence-electron chi connectivity index (χ0n) is 10.7. The predicted octanol–water partition coefficient (Wildman–Crippen LogP) is 3.24. The van der Waals surface area contributed by atoms with Crippen molar-refractivity contribution in [2.75, 3.05) is 13.2 Å². The molecule has 1 aliphatic carbocycles. The quantitative estimate of drug-likeness (QED) is 0.593. The molecule has 0 heterocycles. The summed E-state index contributed by atoms with van der Waals surface area (Å²) in [6.45, 7) is 1.58. The smallest absolute Gasteiger partial charge is 0.0431 e. The fraction of sp³-hybridized carbons (Fsp3) is 1.00. The number of rotatable bonds is 9. The standard InChI is InChI=1S/C14H29NO/c16-13-9-4-2-1-3-8-12-15-14-10-6-5-7-11-14/h14-16H,1-13H2. The highest BCUT2D eigenvalue weighted by Crippen LogP contribution is 2.17. The summed E-state index contributed by atoms with van der Waals surface area (Å²) in [5, 5.41) is 12.3. The van der Waals surface area contributed by atoms with E-state index in [1.54, 1.807) is 0 Å². The third-order valence-corrected chi connectivity index (χ3v) is 3.62. The van der Waals surface area contributed by atoms with E-state index in [1.807, 2.05) is 0 Å². The van der Waals surface area contributed by atoms with Crippen LogP contribution in [0.15, 0.2) is 0 Å². The van der Waals surface area contributed by atoms with Gasteiger partial charge in [-0.2, -0.15) is 0 Å². The lowest BCUT2D eigenvalue weighted by Crippen LogP contribution is -2.31. The second kappa shape index (κ2) is 10.1. The summed E-state index contributed by atoms with van der Waals surface area (Å²) in [5.74, 6) is 0. The average molecular weight is 227 g/mol. The predicted molar refractivity (Wildman–Crippen MR) is 69.7 cm³/mol. The molecule has 2 N–H and O–H groups in total. The van der Waals surface area contributed by atoms with Crippen LogP contribution in [-0.4, -0.2) is 24.3 Å². The van der Waals surface area contributed by atoms with E-state index in [4.69, 9.17) is 5.11 Å². The SMILES string of the molecule is OCCCCCCCCNC1CCCCC1. The number of nitrogens with one attached hydrogen (secondary N) is 1. The highest BCUT2D eigenvalue weighted by molar-refractivity contribution is 4.71. The number of unbranched alkanes of at least 4 members (excludes halogenated alkanes) is 5. The van der Waals surface area contributed by atoms with Crippen molar-refractivity contribution in [3.8, 4) is 0 Å². The minimum Gasteiger partial charge on any atom is -0.396 e. The van der Waals surface area contributed by atoms with Crippen LogP contribution in [0, 0.1) is 0 Å².